The Hall–Kier alpha value is -1.99. The maximum Gasteiger partial charge on any atom is 0.272 e. The van der Waals surface area contributed by atoms with Crippen molar-refractivity contribution in [3.8, 4) is 0 Å². The molecule has 0 saturated heterocycles. The number of carbonyl (C=O) groups excluding carboxylic acids is 1. The van der Waals surface area contributed by atoms with E-state index < -0.39 is 0 Å². The monoisotopic (exact) mass is 429 g/mol. The Morgan fingerprint density at radius 1 is 1.17 bits per heavy atom. The highest BCUT2D eigenvalue weighted by atomic mass is 32.1. The van der Waals surface area contributed by atoms with E-state index in [9.17, 15) is 9.59 Å². The Morgan fingerprint density at radius 3 is 2.72 bits per heavy atom. The fourth-order valence-corrected chi connectivity index (χ4v) is 5.57. The maximum atomic E-state index is 12.9. The van der Waals surface area contributed by atoms with Gasteiger partial charge in [-0.25, -0.2) is 0 Å². The van der Waals surface area contributed by atoms with E-state index in [0.29, 0.717) is 28.5 Å². The molecule has 7 heteroatoms. The SMILES string of the molecule is O=C(CCCCn1c(=S)[nH]c2c(sc3ccccc32)c1=O)NC1CCCCCC1. The van der Waals surface area contributed by atoms with Crippen LogP contribution < -0.4 is 10.9 Å². The summed E-state index contributed by atoms with van der Waals surface area (Å²) in [4.78, 5) is 28.4. The van der Waals surface area contributed by atoms with Gasteiger partial charge in [-0.2, -0.15) is 0 Å². The molecule has 0 atom stereocenters. The molecule has 5 nitrogen and oxygen atoms in total. The third kappa shape index (κ3) is 4.61. The van der Waals surface area contributed by atoms with Crippen LogP contribution in [0.3, 0.4) is 0 Å². The van der Waals surface area contributed by atoms with Crippen LogP contribution in [0.1, 0.15) is 57.8 Å². The summed E-state index contributed by atoms with van der Waals surface area (Å²) in [6.07, 6.45) is 9.22. The fraction of sp³-hybridized carbons (Fsp3) is 0.500. The molecule has 0 unspecified atom stereocenters. The average molecular weight is 430 g/mol. The fourth-order valence-electron chi connectivity index (χ4n) is 4.19. The molecule has 0 spiro atoms. The number of benzene rings is 1. The van der Waals surface area contributed by atoms with Gasteiger partial charge in [0.2, 0.25) is 5.91 Å². The molecule has 2 N–H and O–H groups in total. The molecule has 1 aliphatic carbocycles. The summed E-state index contributed by atoms with van der Waals surface area (Å²) in [5, 5.41) is 4.23. The van der Waals surface area contributed by atoms with E-state index in [2.05, 4.69) is 10.3 Å². The maximum absolute atomic E-state index is 12.9. The number of aromatic amines is 1. The van der Waals surface area contributed by atoms with Crippen LogP contribution in [0.15, 0.2) is 29.1 Å². The van der Waals surface area contributed by atoms with E-state index in [4.69, 9.17) is 12.2 Å². The van der Waals surface area contributed by atoms with E-state index in [1.54, 1.807) is 4.57 Å². The lowest BCUT2D eigenvalue weighted by Gasteiger charge is -2.16. The molecule has 1 saturated carbocycles. The van der Waals surface area contributed by atoms with Gasteiger partial charge in [0.05, 0.1) is 5.52 Å². The molecule has 1 fully saturated rings. The third-order valence-electron chi connectivity index (χ3n) is 5.77. The number of H-pyrrole nitrogens is 1. The van der Waals surface area contributed by atoms with Crippen LogP contribution in [0.2, 0.25) is 0 Å². The number of thiophene rings is 1. The highest BCUT2D eigenvalue weighted by molar-refractivity contribution is 7.71. The van der Waals surface area contributed by atoms with Crippen LogP contribution in [0.5, 0.6) is 0 Å². The zero-order valence-corrected chi connectivity index (χ0v) is 18.2. The molecule has 0 aliphatic heterocycles. The predicted octanol–water partition coefficient (Wildman–Crippen LogP) is 5.28. The molecule has 4 rings (SSSR count). The number of nitrogens with zero attached hydrogens (tertiary/aromatic N) is 1. The van der Waals surface area contributed by atoms with Gasteiger partial charge in [-0.3, -0.25) is 14.2 Å². The van der Waals surface area contributed by atoms with Crippen molar-refractivity contribution in [2.45, 2.75) is 70.4 Å². The average Bonchev–Trinajstić information content (AvgIpc) is 2.89. The van der Waals surface area contributed by atoms with Crippen LogP contribution in [0.4, 0.5) is 0 Å². The summed E-state index contributed by atoms with van der Waals surface area (Å²) >= 11 is 6.95. The van der Waals surface area contributed by atoms with E-state index in [1.807, 2.05) is 24.3 Å². The van der Waals surface area contributed by atoms with Gasteiger partial charge in [0.15, 0.2) is 4.77 Å². The summed E-state index contributed by atoms with van der Waals surface area (Å²) in [7, 11) is 0. The molecule has 154 valence electrons. The minimum absolute atomic E-state index is 0.0344. The van der Waals surface area contributed by atoms with Crippen molar-refractivity contribution in [3.63, 3.8) is 0 Å². The van der Waals surface area contributed by atoms with Gasteiger partial charge in [0, 0.05) is 29.1 Å². The first-order chi connectivity index (χ1) is 14.1. The first-order valence-corrected chi connectivity index (χ1v) is 11.8. The van der Waals surface area contributed by atoms with Crippen molar-refractivity contribution in [1.29, 1.82) is 0 Å². The third-order valence-corrected chi connectivity index (χ3v) is 7.25. The van der Waals surface area contributed by atoms with Crippen LogP contribution in [0.25, 0.3) is 20.3 Å². The number of rotatable bonds is 6. The summed E-state index contributed by atoms with van der Waals surface area (Å²) in [6.45, 7) is 0.537. The number of nitrogens with one attached hydrogen (secondary N) is 2. The molecular formula is C22H27N3O2S2. The van der Waals surface area contributed by atoms with E-state index in [0.717, 1.165) is 41.3 Å². The first kappa shape index (κ1) is 20.3. The molecule has 0 radical (unpaired) electrons. The molecule has 1 aliphatic rings. The van der Waals surface area contributed by atoms with E-state index in [-0.39, 0.29) is 11.5 Å². The molecule has 29 heavy (non-hydrogen) atoms. The summed E-state index contributed by atoms with van der Waals surface area (Å²) in [6, 6.07) is 8.32. The minimum Gasteiger partial charge on any atom is -0.353 e. The molecule has 3 aromatic rings. The Bertz CT molecular complexity index is 1120. The van der Waals surface area contributed by atoms with Crippen LogP contribution >= 0.6 is 23.6 Å². The zero-order valence-electron chi connectivity index (χ0n) is 16.5. The smallest absolute Gasteiger partial charge is 0.272 e. The Morgan fingerprint density at radius 2 is 1.93 bits per heavy atom. The standard InChI is InChI=1S/C22H27N3O2S2/c26-18(23-15-9-3-1-2-4-10-15)13-7-8-14-25-21(27)20-19(24-22(25)28)16-11-5-6-12-17(16)29-20/h5-6,11-12,15H,1-4,7-10,13-14H2,(H,23,26)(H,24,28). The number of fused-ring (bicyclic) bond motifs is 3. The second-order valence-electron chi connectivity index (χ2n) is 7.90. The van der Waals surface area contributed by atoms with E-state index in [1.165, 1.54) is 37.0 Å². The van der Waals surface area contributed by atoms with Gasteiger partial charge in [-0.1, -0.05) is 43.9 Å². The van der Waals surface area contributed by atoms with Crippen molar-refractivity contribution in [1.82, 2.24) is 14.9 Å². The Balaban J connectivity index is 1.37. The molecule has 0 bridgehead atoms. The lowest BCUT2D eigenvalue weighted by molar-refractivity contribution is -0.122. The van der Waals surface area contributed by atoms with Crippen molar-refractivity contribution < 1.29 is 4.79 Å². The first-order valence-electron chi connectivity index (χ1n) is 10.6. The van der Waals surface area contributed by atoms with Crippen LogP contribution in [-0.4, -0.2) is 21.5 Å². The number of carbonyl (C=O) groups is 1. The normalized spacial score (nSPS) is 15.6. The van der Waals surface area contributed by atoms with E-state index >= 15 is 0 Å². The van der Waals surface area contributed by atoms with Gasteiger partial charge < -0.3 is 10.3 Å². The Labute approximate surface area is 179 Å². The molecule has 1 amide bonds. The molecular weight excluding hydrogens is 402 g/mol. The largest absolute Gasteiger partial charge is 0.353 e. The lowest BCUT2D eigenvalue weighted by Crippen LogP contribution is -2.34. The van der Waals surface area contributed by atoms with Crippen LogP contribution in [-0.2, 0) is 11.3 Å². The highest BCUT2D eigenvalue weighted by Gasteiger charge is 2.15. The predicted molar refractivity (Wildman–Crippen MR) is 122 cm³/mol. The number of hydrogen-bond acceptors (Lipinski definition) is 4. The summed E-state index contributed by atoms with van der Waals surface area (Å²) in [5.41, 5.74) is 0.799. The minimum atomic E-state index is -0.0344. The van der Waals surface area contributed by atoms with Gasteiger partial charge in [0.25, 0.3) is 5.56 Å². The lowest BCUT2D eigenvalue weighted by atomic mass is 10.1. The topological polar surface area (TPSA) is 66.9 Å². The van der Waals surface area contributed by atoms with Gasteiger partial charge in [0.1, 0.15) is 4.70 Å². The second kappa shape index (κ2) is 9.22. The molecule has 1 aromatic carbocycles. The number of unbranched alkanes of at least 4 members (excludes halogenated alkanes) is 1. The van der Waals surface area contributed by atoms with Crippen molar-refractivity contribution >= 4 is 49.8 Å². The van der Waals surface area contributed by atoms with Crippen molar-refractivity contribution in [2.75, 3.05) is 0 Å². The summed E-state index contributed by atoms with van der Waals surface area (Å²) in [5.74, 6) is 0.134. The molecule has 2 aromatic heterocycles. The van der Waals surface area contributed by atoms with Crippen molar-refractivity contribution in [2.24, 2.45) is 0 Å². The number of aromatic nitrogens is 2. The quantitative estimate of drug-likeness (QED) is 0.318. The number of hydrogen-bond donors (Lipinski definition) is 2. The highest BCUT2D eigenvalue weighted by Crippen LogP contribution is 2.30. The second-order valence-corrected chi connectivity index (χ2v) is 9.34. The van der Waals surface area contributed by atoms with Crippen molar-refractivity contribution in [3.05, 3.63) is 39.4 Å². The Kier molecular flexibility index (Phi) is 6.45. The van der Waals surface area contributed by atoms with Crippen LogP contribution in [0, 0.1) is 4.77 Å². The zero-order chi connectivity index (χ0) is 20.2. The van der Waals surface area contributed by atoms with Gasteiger partial charge >= 0.3 is 0 Å². The van der Waals surface area contributed by atoms with Gasteiger partial charge in [-0.15, -0.1) is 11.3 Å². The summed E-state index contributed by atoms with van der Waals surface area (Å²) < 4.78 is 3.88. The molecule has 2 heterocycles. The number of amides is 1. The van der Waals surface area contributed by atoms with Gasteiger partial charge in [-0.05, 0) is 44.0 Å².